The number of unbranched alkanes of at least 4 members (excludes halogenated alkanes) is 1. The van der Waals surface area contributed by atoms with Crippen molar-refractivity contribution in [2.75, 3.05) is 0 Å². The van der Waals surface area contributed by atoms with Gasteiger partial charge in [0.1, 0.15) is 11.9 Å². The number of allylic oxidation sites excluding steroid dienone is 1. The van der Waals surface area contributed by atoms with Gasteiger partial charge >= 0.3 is 5.97 Å². The maximum absolute atomic E-state index is 13.7. The van der Waals surface area contributed by atoms with Gasteiger partial charge in [0.25, 0.3) is 0 Å². The van der Waals surface area contributed by atoms with E-state index in [2.05, 4.69) is 24.9 Å². The summed E-state index contributed by atoms with van der Waals surface area (Å²) in [6.45, 7) is 11.4. The van der Waals surface area contributed by atoms with Crippen molar-refractivity contribution in [3.63, 3.8) is 0 Å². The predicted molar refractivity (Wildman–Crippen MR) is 148 cm³/mol. The maximum atomic E-state index is 13.7. The monoisotopic (exact) mass is 513 g/mol. The van der Waals surface area contributed by atoms with Crippen LogP contribution < -0.4 is 0 Å². The summed E-state index contributed by atoms with van der Waals surface area (Å²) in [4.78, 5) is 31.0. The Morgan fingerprint density at radius 1 is 1.24 bits per heavy atom. The quantitative estimate of drug-likeness (QED) is 0.367. The molecule has 0 amide bonds. The first kappa shape index (κ1) is 30.9. The number of pyridine rings is 1. The van der Waals surface area contributed by atoms with Gasteiger partial charge in [-0.05, 0) is 69.2 Å². The minimum absolute atomic E-state index is 0.0410. The molecular weight excluding hydrogens is 466 g/mol. The Kier molecular flexibility index (Phi) is 12.2. The molecule has 37 heavy (non-hydrogen) atoms. The highest BCUT2D eigenvalue weighted by molar-refractivity contribution is 5.88. The minimum Gasteiger partial charge on any atom is -0.457 e. The van der Waals surface area contributed by atoms with Crippen molar-refractivity contribution in [2.24, 2.45) is 17.3 Å². The Morgan fingerprint density at radius 3 is 2.62 bits per heavy atom. The number of aliphatic hydroxyl groups excluding tert-OH is 2. The van der Waals surface area contributed by atoms with Gasteiger partial charge in [-0.3, -0.25) is 14.6 Å². The number of carbonyl (C=O) groups is 2. The minimum atomic E-state index is -1.22. The molecule has 206 valence electrons. The number of ketones is 1. The van der Waals surface area contributed by atoms with Crippen molar-refractivity contribution < 1.29 is 24.5 Å². The zero-order valence-corrected chi connectivity index (χ0v) is 23.6. The number of esters is 1. The van der Waals surface area contributed by atoms with Gasteiger partial charge in [0.15, 0.2) is 0 Å². The fraction of sp³-hybridized carbons (Fsp3) is 0.645. The third kappa shape index (κ3) is 9.19. The van der Waals surface area contributed by atoms with Crippen LogP contribution in [-0.4, -0.2) is 45.3 Å². The molecule has 0 saturated carbocycles. The summed E-state index contributed by atoms with van der Waals surface area (Å²) < 4.78 is 5.86. The van der Waals surface area contributed by atoms with Crippen LogP contribution in [0.15, 0.2) is 41.6 Å². The molecule has 6 heteroatoms. The van der Waals surface area contributed by atoms with Gasteiger partial charge in [0, 0.05) is 18.5 Å². The standard InChI is InChI=1S/C31H47NO5/c1-7-8-15-25-29(35)22(3)13-11-12-21(2)16-17-26(23(4)19-24-14-9-10-18-32-24)37-28(34)20-27(33)31(5,6)30(25)36/h9-10,14,16,18-19,22,25-27,29,33,35H,7-8,11-13,15,17,20H2,1-6H3/b21-16-,23-19+/t22-,25+,26-,27-,29-/m0/s1. The number of Topliss-reactive ketones (excluding diaryl/α,β-unsaturated/α-hetero) is 1. The fourth-order valence-corrected chi connectivity index (χ4v) is 4.94. The van der Waals surface area contributed by atoms with Crippen molar-refractivity contribution >= 4 is 17.8 Å². The summed E-state index contributed by atoms with van der Waals surface area (Å²) in [5.74, 6) is -1.35. The average Bonchev–Trinajstić information content (AvgIpc) is 2.86. The third-order valence-electron chi connectivity index (χ3n) is 7.78. The lowest BCUT2D eigenvalue weighted by molar-refractivity contribution is -0.154. The number of hydrogen-bond acceptors (Lipinski definition) is 6. The number of nitrogens with zero attached hydrogens (tertiary/aromatic N) is 1. The van der Waals surface area contributed by atoms with Crippen LogP contribution in [0, 0.1) is 17.3 Å². The smallest absolute Gasteiger partial charge is 0.309 e. The lowest BCUT2D eigenvalue weighted by Gasteiger charge is -2.36. The van der Waals surface area contributed by atoms with Crippen LogP contribution in [0.25, 0.3) is 6.08 Å². The second-order valence-electron chi connectivity index (χ2n) is 11.3. The summed E-state index contributed by atoms with van der Waals surface area (Å²) >= 11 is 0. The van der Waals surface area contributed by atoms with Crippen molar-refractivity contribution in [3.05, 3.63) is 47.3 Å². The molecule has 1 aliphatic rings. The average molecular weight is 514 g/mol. The number of hydrogen-bond donors (Lipinski definition) is 2. The lowest BCUT2D eigenvalue weighted by Crippen LogP contribution is -2.46. The molecule has 0 aliphatic carbocycles. The molecule has 1 aliphatic heterocycles. The summed E-state index contributed by atoms with van der Waals surface area (Å²) in [6.07, 6.45) is 8.34. The molecule has 0 saturated heterocycles. The summed E-state index contributed by atoms with van der Waals surface area (Å²) in [5.41, 5.74) is 1.64. The highest BCUT2D eigenvalue weighted by Gasteiger charge is 2.43. The number of carbonyl (C=O) groups excluding carboxylic acids is 2. The molecule has 0 radical (unpaired) electrons. The van der Waals surface area contributed by atoms with Gasteiger partial charge < -0.3 is 14.9 Å². The van der Waals surface area contributed by atoms with Crippen molar-refractivity contribution in [3.8, 4) is 0 Å². The number of aromatic nitrogens is 1. The molecule has 0 bridgehead atoms. The van der Waals surface area contributed by atoms with E-state index >= 15 is 0 Å². The van der Waals surface area contributed by atoms with E-state index in [1.807, 2.05) is 38.1 Å². The van der Waals surface area contributed by atoms with E-state index in [1.165, 1.54) is 5.57 Å². The Morgan fingerprint density at radius 2 is 1.97 bits per heavy atom. The highest BCUT2D eigenvalue weighted by atomic mass is 16.5. The van der Waals surface area contributed by atoms with E-state index in [1.54, 1.807) is 20.0 Å². The van der Waals surface area contributed by atoms with Gasteiger partial charge in [0.05, 0.1) is 29.7 Å². The first-order valence-corrected chi connectivity index (χ1v) is 13.8. The van der Waals surface area contributed by atoms with Crippen LogP contribution in [0.5, 0.6) is 0 Å². The number of aliphatic hydroxyl groups is 2. The summed E-state index contributed by atoms with van der Waals surface area (Å²) in [6, 6.07) is 5.65. The Hall–Kier alpha value is -2.31. The Bertz CT molecular complexity index is 936. The van der Waals surface area contributed by atoms with E-state index < -0.39 is 35.6 Å². The molecule has 6 nitrogen and oxygen atoms in total. The normalized spacial score (nSPS) is 30.3. The summed E-state index contributed by atoms with van der Waals surface area (Å²) in [5, 5.41) is 22.2. The highest BCUT2D eigenvalue weighted by Crippen LogP contribution is 2.34. The molecule has 5 atom stereocenters. The van der Waals surface area contributed by atoms with Gasteiger partial charge in [-0.25, -0.2) is 0 Å². The second-order valence-corrected chi connectivity index (χ2v) is 11.3. The van der Waals surface area contributed by atoms with E-state index in [0.29, 0.717) is 12.8 Å². The SMILES string of the molecule is CCCC[C@H]1C(=O)C(C)(C)[C@@H](O)CC(=O)O[C@H](/C(C)=C/c2ccccn2)C/C=C(/C)CCC[C@H](C)[C@@H]1O. The van der Waals surface area contributed by atoms with E-state index in [4.69, 9.17) is 4.74 Å². The fourth-order valence-electron chi connectivity index (χ4n) is 4.94. The lowest BCUT2D eigenvalue weighted by atomic mass is 9.71. The van der Waals surface area contributed by atoms with Gasteiger partial charge in [-0.1, -0.05) is 58.3 Å². The number of ether oxygens (including phenoxy) is 1. The molecule has 0 aromatic carbocycles. The van der Waals surface area contributed by atoms with E-state index in [0.717, 1.165) is 43.4 Å². The molecule has 2 heterocycles. The first-order chi connectivity index (χ1) is 17.5. The topological polar surface area (TPSA) is 96.7 Å². The van der Waals surface area contributed by atoms with E-state index in [9.17, 15) is 19.8 Å². The molecular formula is C31H47NO5. The third-order valence-corrected chi connectivity index (χ3v) is 7.78. The molecule has 2 rings (SSSR count). The molecule has 2 N–H and O–H groups in total. The molecule has 0 spiro atoms. The van der Waals surface area contributed by atoms with Crippen molar-refractivity contribution in [1.29, 1.82) is 0 Å². The van der Waals surface area contributed by atoms with E-state index in [-0.39, 0.29) is 18.1 Å². The number of cyclic esters (lactones) is 1. The molecule has 0 fully saturated rings. The van der Waals surface area contributed by atoms with Crippen molar-refractivity contribution in [2.45, 2.75) is 111 Å². The largest absolute Gasteiger partial charge is 0.457 e. The number of rotatable bonds is 5. The summed E-state index contributed by atoms with van der Waals surface area (Å²) in [7, 11) is 0. The van der Waals surface area contributed by atoms with Crippen LogP contribution in [0.4, 0.5) is 0 Å². The van der Waals surface area contributed by atoms with Gasteiger partial charge in [-0.2, -0.15) is 0 Å². The second kappa shape index (κ2) is 14.6. The Labute approximate surface area is 223 Å². The van der Waals surface area contributed by atoms with Crippen molar-refractivity contribution in [1.82, 2.24) is 4.98 Å². The maximum Gasteiger partial charge on any atom is 0.309 e. The van der Waals surface area contributed by atoms with Crippen LogP contribution in [0.1, 0.15) is 98.6 Å². The van der Waals surface area contributed by atoms with Crippen LogP contribution in [0.3, 0.4) is 0 Å². The molecule has 0 unspecified atom stereocenters. The zero-order chi connectivity index (χ0) is 27.6. The molecule has 1 aromatic rings. The molecule has 1 aromatic heterocycles. The van der Waals surface area contributed by atoms with Crippen LogP contribution in [-0.2, 0) is 14.3 Å². The van der Waals surface area contributed by atoms with Crippen LogP contribution in [0.2, 0.25) is 0 Å². The van der Waals surface area contributed by atoms with Gasteiger partial charge in [0.2, 0.25) is 0 Å². The first-order valence-electron chi connectivity index (χ1n) is 13.8. The zero-order valence-electron chi connectivity index (χ0n) is 23.6. The predicted octanol–water partition coefficient (Wildman–Crippen LogP) is 6.07. The van der Waals surface area contributed by atoms with Crippen LogP contribution >= 0.6 is 0 Å². The Balaban J connectivity index is 2.37. The van der Waals surface area contributed by atoms with Gasteiger partial charge in [-0.15, -0.1) is 0 Å².